The van der Waals surface area contributed by atoms with E-state index >= 15 is 0 Å². The predicted octanol–water partition coefficient (Wildman–Crippen LogP) is 0.941. The van der Waals surface area contributed by atoms with E-state index in [1.165, 1.54) is 16.7 Å². The molecule has 2 aliphatic rings. The van der Waals surface area contributed by atoms with Crippen molar-refractivity contribution in [1.82, 2.24) is 4.90 Å². The molecule has 1 amide bonds. The van der Waals surface area contributed by atoms with Crippen LogP contribution in [0.1, 0.15) is 40.0 Å². The molecule has 1 saturated heterocycles. The number of amides is 1. The highest BCUT2D eigenvalue weighted by Gasteiger charge is 2.55. The van der Waals surface area contributed by atoms with Crippen LogP contribution in [0.3, 0.4) is 0 Å². The Hall–Kier alpha value is -1.58. The average molecular weight is 386 g/mol. The summed E-state index contributed by atoms with van der Waals surface area (Å²) in [6, 6.07) is 0. The molecule has 146 valence electrons. The van der Waals surface area contributed by atoms with E-state index in [1.807, 2.05) is 0 Å². The monoisotopic (exact) mass is 386 g/mol. The van der Waals surface area contributed by atoms with Crippen LogP contribution in [-0.4, -0.2) is 53.2 Å². The first kappa shape index (κ1) is 20.7. The lowest BCUT2D eigenvalue weighted by atomic mass is 9.98. The van der Waals surface area contributed by atoms with E-state index in [1.54, 1.807) is 20.8 Å². The molecule has 0 aromatic carbocycles. The smallest absolute Gasteiger partial charge is 0.358 e. The minimum atomic E-state index is -0.700. The van der Waals surface area contributed by atoms with Gasteiger partial charge in [0.15, 0.2) is 0 Å². The Morgan fingerprint density at radius 3 is 2.54 bits per heavy atom. The number of hydrogen-bond donors (Lipinski definition) is 2. The number of esters is 2. The van der Waals surface area contributed by atoms with Gasteiger partial charge in [-0.05, 0) is 46.6 Å². The molecule has 0 unspecified atom stereocenters. The van der Waals surface area contributed by atoms with Gasteiger partial charge < -0.3 is 20.3 Å². The largest absolute Gasteiger partial charge is 0.427 e. The van der Waals surface area contributed by atoms with Crippen LogP contribution in [-0.2, 0) is 23.9 Å². The second kappa shape index (κ2) is 8.41. The second-order valence-corrected chi connectivity index (χ2v) is 8.47. The Morgan fingerprint density at radius 1 is 1.27 bits per heavy atom. The van der Waals surface area contributed by atoms with Gasteiger partial charge in [0.1, 0.15) is 11.1 Å². The first-order valence-corrected chi connectivity index (χ1v) is 9.48. The highest BCUT2D eigenvalue weighted by Crippen LogP contribution is 2.50. The second-order valence-electron chi connectivity index (χ2n) is 7.25. The molecule has 0 aromatic heterocycles. The number of carbonyl (C=O) groups is 3. The van der Waals surface area contributed by atoms with Crippen molar-refractivity contribution in [3.05, 3.63) is 10.6 Å². The van der Waals surface area contributed by atoms with Gasteiger partial charge in [-0.15, -0.1) is 11.8 Å². The van der Waals surface area contributed by atoms with Crippen LogP contribution >= 0.6 is 11.8 Å². The number of hydrogen-bond acceptors (Lipinski definition) is 8. The summed E-state index contributed by atoms with van der Waals surface area (Å²) in [4.78, 5) is 38.5. The van der Waals surface area contributed by atoms with Crippen LogP contribution in [0.4, 0.5) is 0 Å². The number of aliphatic hydroxyl groups excluding tert-OH is 1. The van der Waals surface area contributed by atoms with Crippen LogP contribution in [0.15, 0.2) is 10.6 Å². The number of thioether (sulfide) groups is 1. The quantitative estimate of drug-likeness (QED) is 0.274. The van der Waals surface area contributed by atoms with E-state index in [9.17, 15) is 19.5 Å². The maximum atomic E-state index is 12.5. The third-order valence-corrected chi connectivity index (χ3v) is 5.62. The van der Waals surface area contributed by atoms with Gasteiger partial charge in [0.2, 0.25) is 12.7 Å². The van der Waals surface area contributed by atoms with E-state index in [4.69, 9.17) is 15.2 Å². The van der Waals surface area contributed by atoms with Crippen LogP contribution < -0.4 is 5.73 Å². The molecule has 8 nitrogen and oxygen atoms in total. The van der Waals surface area contributed by atoms with Gasteiger partial charge in [0.25, 0.3) is 0 Å². The molecule has 3 N–H and O–H groups in total. The predicted molar refractivity (Wildman–Crippen MR) is 95.2 cm³/mol. The molecule has 2 rings (SSSR count). The summed E-state index contributed by atoms with van der Waals surface area (Å²) in [6.45, 7) is 4.87. The summed E-state index contributed by atoms with van der Waals surface area (Å²) < 4.78 is 10.0. The molecule has 2 heterocycles. The lowest BCUT2D eigenvalue weighted by Crippen LogP contribution is -2.58. The van der Waals surface area contributed by atoms with Crippen molar-refractivity contribution >= 4 is 29.6 Å². The fraction of sp³-hybridized carbons (Fsp3) is 0.706. The molecule has 2 aliphatic heterocycles. The van der Waals surface area contributed by atoms with Crippen molar-refractivity contribution in [3.63, 3.8) is 0 Å². The van der Waals surface area contributed by atoms with Gasteiger partial charge in [-0.1, -0.05) is 0 Å². The van der Waals surface area contributed by atoms with Gasteiger partial charge in [-0.2, -0.15) is 0 Å². The molecule has 0 bridgehead atoms. The minimum absolute atomic E-state index is 0.193. The molecule has 0 aliphatic carbocycles. The van der Waals surface area contributed by atoms with E-state index in [2.05, 4.69) is 0 Å². The first-order valence-electron chi connectivity index (χ1n) is 8.60. The molecule has 0 radical (unpaired) electrons. The number of aliphatic hydroxyl groups is 1. The van der Waals surface area contributed by atoms with Gasteiger partial charge in [0, 0.05) is 4.91 Å². The maximum Gasteiger partial charge on any atom is 0.358 e. The Morgan fingerprint density at radius 2 is 1.96 bits per heavy atom. The number of unbranched alkanes of at least 4 members (excludes halogenated alkanes) is 1. The van der Waals surface area contributed by atoms with Crippen LogP contribution in [0.2, 0.25) is 0 Å². The van der Waals surface area contributed by atoms with Gasteiger partial charge in [-0.3, -0.25) is 14.5 Å². The topological polar surface area (TPSA) is 119 Å². The Labute approximate surface area is 157 Å². The van der Waals surface area contributed by atoms with Crippen molar-refractivity contribution in [2.24, 2.45) is 17.1 Å². The van der Waals surface area contributed by atoms with E-state index in [0.717, 1.165) is 17.7 Å². The molecular formula is C17H26N2O6S. The van der Waals surface area contributed by atoms with Crippen molar-refractivity contribution in [3.8, 4) is 0 Å². The van der Waals surface area contributed by atoms with Crippen LogP contribution in [0, 0.1) is 11.3 Å². The van der Waals surface area contributed by atoms with Crippen molar-refractivity contribution in [2.75, 3.05) is 19.9 Å². The number of nitrogens with two attached hydrogens (primary N) is 1. The highest BCUT2D eigenvalue weighted by molar-refractivity contribution is 8.04. The summed E-state index contributed by atoms with van der Waals surface area (Å²) in [5.41, 5.74) is 5.00. The summed E-state index contributed by atoms with van der Waals surface area (Å²) in [6.07, 6.45) is 2.19. The van der Waals surface area contributed by atoms with Crippen LogP contribution in [0.5, 0.6) is 0 Å². The zero-order valence-corrected chi connectivity index (χ0v) is 16.1. The zero-order valence-electron chi connectivity index (χ0n) is 15.3. The molecule has 2 atom stereocenters. The average Bonchev–Trinajstić information content (AvgIpc) is 2.89. The number of ether oxygens (including phenoxy) is 2. The van der Waals surface area contributed by atoms with Crippen LogP contribution in [0.25, 0.3) is 0 Å². The summed E-state index contributed by atoms with van der Waals surface area (Å²) in [7, 11) is 0. The highest BCUT2D eigenvalue weighted by atomic mass is 32.2. The van der Waals surface area contributed by atoms with Gasteiger partial charge in [-0.25, -0.2) is 4.79 Å². The third kappa shape index (κ3) is 4.21. The fourth-order valence-corrected chi connectivity index (χ4v) is 4.17. The summed E-state index contributed by atoms with van der Waals surface area (Å²) in [5, 5.41) is 9.06. The Bertz CT molecular complexity index is 613. The number of fused-ring (bicyclic) bond motifs is 1. The maximum absolute atomic E-state index is 12.5. The fourth-order valence-electron chi connectivity index (χ4n) is 2.64. The van der Waals surface area contributed by atoms with Crippen molar-refractivity contribution in [2.45, 2.75) is 45.4 Å². The van der Waals surface area contributed by atoms with E-state index < -0.39 is 30.1 Å². The number of nitrogens with zero attached hydrogens (tertiary/aromatic N) is 1. The van der Waals surface area contributed by atoms with E-state index in [0.29, 0.717) is 13.0 Å². The summed E-state index contributed by atoms with van der Waals surface area (Å²) >= 11 is 1.40. The number of allylic oxidation sites excluding steroid dienone is 1. The lowest BCUT2D eigenvalue weighted by molar-refractivity contribution is -0.173. The molecule has 26 heavy (non-hydrogen) atoms. The molecular weight excluding hydrogens is 360 g/mol. The summed E-state index contributed by atoms with van der Waals surface area (Å²) in [5.74, 6) is -1.98. The normalized spacial score (nSPS) is 22.2. The lowest BCUT2D eigenvalue weighted by Gasteiger charge is -2.41. The van der Waals surface area contributed by atoms with Gasteiger partial charge in [0.05, 0.1) is 17.9 Å². The molecule has 0 spiro atoms. The third-order valence-electron chi connectivity index (χ3n) is 4.16. The molecule has 0 saturated carbocycles. The standard InChI is InChI=1S/C17H26N2O6S/c1-17(2,3)16(23)25-9-24-15(22)12-11(6-4-5-7-18)26-14-10(8-20)13(21)19(12)14/h10,14,20H,4-9,18H2,1-3H3/t10-,14+/m0/s1. The number of β-lactam (4-membered cyclic amide) rings is 1. The molecule has 1 fully saturated rings. The van der Waals surface area contributed by atoms with Crippen molar-refractivity contribution < 1.29 is 29.0 Å². The van der Waals surface area contributed by atoms with E-state index in [-0.39, 0.29) is 23.6 Å². The minimum Gasteiger partial charge on any atom is -0.427 e. The first-order chi connectivity index (χ1) is 12.2. The zero-order chi connectivity index (χ0) is 19.5. The van der Waals surface area contributed by atoms with Gasteiger partial charge >= 0.3 is 11.9 Å². The molecule has 0 aromatic rings. The number of carbonyl (C=O) groups excluding carboxylic acids is 3. The van der Waals surface area contributed by atoms with Crippen molar-refractivity contribution in [1.29, 1.82) is 0 Å². The Kier molecular flexibility index (Phi) is 6.70. The number of rotatable bonds is 8. The SMILES string of the molecule is CC(C)(C)C(=O)OCOC(=O)C1=C(CCCCN)S[C@@H]2[C@@H](CO)C(=O)N12. The molecule has 9 heteroatoms. The Balaban J connectivity index is 2.03.